The molecule has 0 atom stereocenters. The average Bonchev–Trinajstić information content (AvgIpc) is 3.32. The average molecular weight is 526 g/mol. The van der Waals surface area contributed by atoms with E-state index in [2.05, 4.69) is 98.8 Å². The van der Waals surface area contributed by atoms with Crippen LogP contribution in [-0.4, -0.2) is 0 Å². The van der Waals surface area contributed by atoms with Gasteiger partial charge in [0.25, 0.3) is 0 Å². The molecule has 8 aromatic rings. The van der Waals surface area contributed by atoms with Crippen molar-refractivity contribution in [1.82, 2.24) is 0 Å². The minimum absolute atomic E-state index is 0.0854. The van der Waals surface area contributed by atoms with Gasteiger partial charge < -0.3 is 0 Å². The molecule has 41 heavy (non-hydrogen) atoms. The van der Waals surface area contributed by atoms with Crippen LogP contribution in [0.25, 0.3) is 76.5 Å². The Bertz CT molecular complexity index is 2580. The van der Waals surface area contributed by atoms with Gasteiger partial charge in [-0.1, -0.05) is 141 Å². The summed E-state index contributed by atoms with van der Waals surface area (Å²) in [4.78, 5) is 0. The van der Waals surface area contributed by atoms with Crippen molar-refractivity contribution in [3.8, 4) is 33.4 Å². The molecule has 0 radical (unpaired) electrons. The molecular weight excluding hydrogens is 492 g/mol. The van der Waals surface area contributed by atoms with Gasteiger partial charge >= 0.3 is 0 Å². The number of fused-ring (bicyclic) bond motifs is 5. The Labute approximate surface area is 246 Å². The molecule has 9 rings (SSSR count). The highest BCUT2D eigenvalue weighted by Crippen LogP contribution is 2.51. The standard InChI is InChI=1S/C41H28/c1-41(2)37-11-7-6-10-33(37)36-23-17-29-24-28(16-20-32(29)40(36)41)31-19-13-27-14-21-34-30(25-8-4-3-5-9-25)18-12-26-15-22-35(31)39(27)38(26)34/h3-24H,1-2H3/i3D,4D,5D,8D,9D. The summed E-state index contributed by atoms with van der Waals surface area (Å²) in [5.41, 5.74) is 8.47. The lowest BCUT2D eigenvalue weighted by molar-refractivity contribution is 0.666. The SMILES string of the molecule is [2H]c1c([2H])c([2H])c(-c2ccc3ccc4c(-c5ccc6c7c(ccc6c5)-c5ccccc5C7(C)C)ccc5ccc2c3c54)c([2H])c1[2H]. The van der Waals surface area contributed by atoms with Gasteiger partial charge in [-0.2, -0.15) is 0 Å². The Morgan fingerprint density at radius 1 is 0.488 bits per heavy atom. The van der Waals surface area contributed by atoms with E-state index in [0.29, 0.717) is 5.56 Å². The summed E-state index contributed by atoms with van der Waals surface area (Å²) in [5.74, 6) is 0. The Balaban J connectivity index is 1.27. The summed E-state index contributed by atoms with van der Waals surface area (Å²) >= 11 is 0. The van der Waals surface area contributed by atoms with Gasteiger partial charge in [0, 0.05) is 5.41 Å². The minimum Gasteiger partial charge on any atom is -0.0622 e. The zero-order valence-corrected chi connectivity index (χ0v) is 22.8. The topological polar surface area (TPSA) is 0 Å². The molecule has 0 unspecified atom stereocenters. The van der Waals surface area contributed by atoms with E-state index in [1.54, 1.807) is 0 Å². The molecule has 0 saturated carbocycles. The molecular formula is C41H28. The highest BCUT2D eigenvalue weighted by Gasteiger charge is 2.36. The summed E-state index contributed by atoms with van der Waals surface area (Å²) in [5, 5.41) is 8.82. The lowest BCUT2D eigenvalue weighted by Crippen LogP contribution is -2.15. The summed E-state index contributed by atoms with van der Waals surface area (Å²) in [6.45, 7) is 4.65. The van der Waals surface area contributed by atoms with Crippen molar-refractivity contribution < 1.29 is 6.85 Å². The first kappa shape index (κ1) is 18.4. The molecule has 0 heteroatoms. The highest BCUT2D eigenvalue weighted by atomic mass is 14.4. The largest absolute Gasteiger partial charge is 0.0629 e. The van der Waals surface area contributed by atoms with Crippen molar-refractivity contribution in [3.63, 3.8) is 0 Å². The van der Waals surface area contributed by atoms with Crippen LogP contribution in [0.2, 0.25) is 0 Å². The summed E-state index contributed by atoms with van der Waals surface area (Å²) in [7, 11) is 0. The second-order valence-corrected chi connectivity index (χ2v) is 11.7. The van der Waals surface area contributed by atoms with Crippen molar-refractivity contribution in [2.75, 3.05) is 0 Å². The normalized spacial score (nSPS) is 15.5. The first-order valence-corrected chi connectivity index (χ1v) is 14.1. The second-order valence-electron chi connectivity index (χ2n) is 11.7. The lowest BCUT2D eigenvalue weighted by atomic mass is 9.80. The van der Waals surface area contributed by atoms with Crippen LogP contribution in [0.5, 0.6) is 0 Å². The molecule has 0 nitrogen and oxygen atoms in total. The second kappa shape index (κ2) is 8.05. The molecule has 0 aliphatic heterocycles. The monoisotopic (exact) mass is 525 g/mol. The number of hydrogen-bond donors (Lipinski definition) is 0. The van der Waals surface area contributed by atoms with Crippen LogP contribution >= 0.6 is 0 Å². The molecule has 0 saturated heterocycles. The fourth-order valence-corrected chi connectivity index (χ4v) is 7.45. The maximum atomic E-state index is 8.66. The van der Waals surface area contributed by atoms with Gasteiger partial charge in [0.1, 0.15) is 0 Å². The molecule has 0 amide bonds. The number of hydrogen-bond acceptors (Lipinski definition) is 0. The van der Waals surface area contributed by atoms with E-state index in [0.717, 1.165) is 43.4 Å². The number of rotatable bonds is 2. The van der Waals surface area contributed by atoms with E-state index in [-0.39, 0.29) is 41.2 Å². The van der Waals surface area contributed by atoms with Crippen LogP contribution in [0.1, 0.15) is 31.8 Å². The molecule has 0 aromatic heterocycles. The van der Waals surface area contributed by atoms with E-state index >= 15 is 0 Å². The van der Waals surface area contributed by atoms with Gasteiger partial charge in [0.15, 0.2) is 0 Å². The van der Waals surface area contributed by atoms with Crippen LogP contribution in [0.3, 0.4) is 0 Å². The van der Waals surface area contributed by atoms with Gasteiger partial charge in [-0.05, 0) is 93.7 Å². The third-order valence-electron chi connectivity index (χ3n) is 9.28. The predicted octanol–water partition coefficient (Wildman–Crippen LogP) is 11.4. The van der Waals surface area contributed by atoms with E-state index in [9.17, 15) is 0 Å². The Hall–Kier alpha value is -4.94. The summed E-state index contributed by atoms with van der Waals surface area (Å²) in [6.07, 6.45) is 0. The van der Waals surface area contributed by atoms with Crippen LogP contribution in [0.15, 0.2) is 133 Å². The van der Waals surface area contributed by atoms with E-state index in [1.807, 2.05) is 18.2 Å². The van der Waals surface area contributed by atoms with Crippen LogP contribution < -0.4 is 0 Å². The smallest absolute Gasteiger partial charge is 0.0622 e. The van der Waals surface area contributed by atoms with Crippen LogP contribution in [0, 0.1) is 0 Å². The maximum absolute atomic E-state index is 8.66. The molecule has 1 aliphatic carbocycles. The van der Waals surface area contributed by atoms with Crippen molar-refractivity contribution in [2.45, 2.75) is 19.3 Å². The van der Waals surface area contributed by atoms with Crippen molar-refractivity contribution in [1.29, 1.82) is 0 Å². The molecule has 192 valence electrons. The fourth-order valence-electron chi connectivity index (χ4n) is 7.45. The molecule has 8 aromatic carbocycles. The lowest BCUT2D eigenvalue weighted by Gasteiger charge is -2.23. The molecule has 0 heterocycles. The van der Waals surface area contributed by atoms with Crippen LogP contribution in [-0.2, 0) is 5.41 Å². The van der Waals surface area contributed by atoms with Crippen molar-refractivity contribution in [3.05, 3.63) is 144 Å². The van der Waals surface area contributed by atoms with E-state index in [1.165, 1.54) is 33.0 Å². The zero-order valence-electron chi connectivity index (χ0n) is 27.8. The summed E-state index contributed by atoms with van der Waals surface area (Å²) in [6, 6.07) is 35.4. The van der Waals surface area contributed by atoms with E-state index < -0.39 is 0 Å². The molecule has 1 aliphatic rings. The molecule has 0 spiro atoms. The minimum atomic E-state index is -0.380. The van der Waals surface area contributed by atoms with E-state index in [4.69, 9.17) is 6.85 Å². The van der Waals surface area contributed by atoms with Gasteiger partial charge in [-0.15, -0.1) is 0 Å². The van der Waals surface area contributed by atoms with Gasteiger partial charge in [-0.3, -0.25) is 0 Å². The Morgan fingerprint density at radius 3 is 1.80 bits per heavy atom. The third kappa shape index (κ3) is 3.05. The van der Waals surface area contributed by atoms with Crippen LogP contribution in [0.4, 0.5) is 0 Å². The first-order chi connectivity index (χ1) is 22.2. The number of benzene rings is 8. The third-order valence-corrected chi connectivity index (χ3v) is 9.28. The fraction of sp³-hybridized carbons (Fsp3) is 0.0732. The Kier molecular flexibility index (Phi) is 3.62. The predicted molar refractivity (Wildman–Crippen MR) is 176 cm³/mol. The quantitative estimate of drug-likeness (QED) is 0.197. The van der Waals surface area contributed by atoms with Crippen molar-refractivity contribution >= 4 is 43.1 Å². The maximum Gasteiger partial charge on any atom is 0.0629 e. The van der Waals surface area contributed by atoms with Crippen molar-refractivity contribution in [2.24, 2.45) is 0 Å². The highest BCUT2D eigenvalue weighted by molar-refractivity contribution is 6.27. The zero-order chi connectivity index (χ0) is 31.6. The molecule has 0 fully saturated rings. The molecule has 0 bridgehead atoms. The van der Waals surface area contributed by atoms with Gasteiger partial charge in [0.05, 0.1) is 6.85 Å². The first-order valence-electron chi connectivity index (χ1n) is 16.6. The Morgan fingerprint density at radius 2 is 1.07 bits per heavy atom. The molecule has 0 N–H and O–H groups in total. The summed E-state index contributed by atoms with van der Waals surface area (Å²) < 4.78 is 41.9. The van der Waals surface area contributed by atoms with Gasteiger partial charge in [0.2, 0.25) is 0 Å². The van der Waals surface area contributed by atoms with Gasteiger partial charge in [-0.25, -0.2) is 0 Å².